The summed E-state index contributed by atoms with van der Waals surface area (Å²) < 4.78 is 0. The summed E-state index contributed by atoms with van der Waals surface area (Å²) in [6, 6.07) is 11.9. The van der Waals surface area contributed by atoms with Gasteiger partial charge in [-0.1, -0.05) is 29.8 Å². The number of carbonyl (C=O) groups excluding carboxylic acids is 2. The van der Waals surface area contributed by atoms with Crippen LogP contribution >= 0.6 is 11.6 Å². The van der Waals surface area contributed by atoms with Crippen LogP contribution in [0.3, 0.4) is 0 Å². The SMILES string of the molecule is CC(=O)Nc1ccc(C(=O)N[C@@H](Cc2ccccc2Cl)C(=O)O)cc1. The van der Waals surface area contributed by atoms with Gasteiger partial charge < -0.3 is 15.7 Å². The third-order valence-corrected chi connectivity index (χ3v) is 3.82. The minimum Gasteiger partial charge on any atom is -0.480 e. The fourth-order valence-electron chi connectivity index (χ4n) is 2.23. The third-order valence-electron chi connectivity index (χ3n) is 3.45. The standard InChI is InChI=1S/C18H17ClN2O4/c1-11(22)20-14-8-6-12(7-9-14)17(23)21-16(18(24)25)10-13-4-2-3-5-15(13)19/h2-9,16H,10H2,1H3,(H,20,22)(H,21,23)(H,24,25)/t16-/m0/s1. The molecule has 0 radical (unpaired) electrons. The molecule has 2 aromatic rings. The number of benzene rings is 2. The molecule has 7 heteroatoms. The van der Waals surface area contributed by atoms with Gasteiger partial charge in [0, 0.05) is 29.6 Å². The van der Waals surface area contributed by atoms with E-state index in [0.29, 0.717) is 21.8 Å². The molecule has 0 aliphatic rings. The molecule has 25 heavy (non-hydrogen) atoms. The van der Waals surface area contributed by atoms with Crippen molar-refractivity contribution in [2.24, 2.45) is 0 Å². The molecule has 2 amide bonds. The number of aliphatic carboxylic acids is 1. The van der Waals surface area contributed by atoms with Crippen molar-refractivity contribution in [1.82, 2.24) is 5.32 Å². The van der Waals surface area contributed by atoms with E-state index in [9.17, 15) is 19.5 Å². The third kappa shape index (κ3) is 5.32. The van der Waals surface area contributed by atoms with E-state index in [1.54, 1.807) is 36.4 Å². The predicted molar refractivity (Wildman–Crippen MR) is 94.8 cm³/mol. The van der Waals surface area contributed by atoms with Gasteiger partial charge in [0.25, 0.3) is 5.91 Å². The van der Waals surface area contributed by atoms with E-state index >= 15 is 0 Å². The number of amides is 2. The molecular weight excluding hydrogens is 344 g/mol. The van der Waals surface area contributed by atoms with Crippen molar-refractivity contribution in [3.8, 4) is 0 Å². The number of hydrogen-bond donors (Lipinski definition) is 3. The van der Waals surface area contributed by atoms with Gasteiger partial charge in [0.2, 0.25) is 5.91 Å². The normalized spacial score (nSPS) is 11.4. The molecule has 0 saturated heterocycles. The molecule has 1 atom stereocenters. The highest BCUT2D eigenvalue weighted by Crippen LogP contribution is 2.17. The zero-order valence-corrected chi connectivity index (χ0v) is 14.2. The van der Waals surface area contributed by atoms with Gasteiger partial charge in [0.1, 0.15) is 6.04 Å². The first-order chi connectivity index (χ1) is 11.9. The van der Waals surface area contributed by atoms with Gasteiger partial charge in [-0.25, -0.2) is 4.79 Å². The summed E-state index contributed by atoms with van der Waals surface area (Å²) >= 11 is 6.05. The molecule has 3 N–H and O–H groups in total. The van der Waals surface area contributed by atoms with Crippen LogP contribution in [0.25, 0.3) is 0 Å². The molecule has 0 heterocycles. The van der Waals surface area contributed by atoms with Crippen molar-refractivity contribution in [3.63, 3.8) is 0 Å². The minimum absolute atomic E-state index is 0.0741. The van der Waals surface area contributed by atoms with Gasteiger partial charge in [-0.3, -0.25) is 9.59 Å². The summed E-state index contributed by atoms with van der Waals surface area (Å²) in [7, 11) is 0. The number of carboxylic acid groups (broad SMARTS) is 1. The summed E-state index contributed by atoms with van der Waals surface area (Å²) in [5.41, 5.74) is 1.48. The molecule has 0 unspecified atom stereocenters. The van der Waals surface area contributed by atoms with Crippen LogP contribution in [0.1, 0.15) is 22.8 Å². The first kappa shape index (κ1) is 18.5. The molecule has 0 aromatic heterocycles. The predicted octanol–water partition coefficient (Wildman–Crippen LogP) is 2.72. The van der Waals surface area contributed by atoms with Gasteiger partial charge in [-0.2, -0.15) is 0 Å². The van der Waals surface area contributed by atoms with Gasteiger partial charge in [0.05, 0.1) is 0 Å². The second kappa shape index (κ2) is 8.30. The fourth-order valence-corrected chi connectivity index (χ4v) is 2.45. The monoisotopic (exact) mass is 360 g/mol. The highest BCUT2D eigenvalue weighted by molar-refractivity contribution is 6.31. The summed E-state index contributed by atoms with van der Waals surface area (Å²) in [6.07, 6.45) is 0.0741. The Morgan fingerprint density at radius 2 is 1.72 bits per heavy atom. The molecule has 0 bridgehead atoms. The Labute approximate surface area is 149 Å². The van der Waals surface area contributed by atoms with Crippen LogP contribution in [0.5, 0.6) is 0 Å². The number of halogens is 1. The summed E-state index contributed by atoms with van der Waals surface area (Å²) in [5, 5.41) is 14.9. The lowest BCUT2D eigenvalue weighted by atomic mass is 10.1. The van der Waals surface area contributed by atoms with Crippen molar-refractivity contribution in [2.45, 2.75) is 19.4 Å². The average molecular weight is 361 g/mol. The molecule has 2 rings (SSSR count). The smallest absolute Gasteiger partial charge is 0.326 e. The summed E-state index contributed by atoms with van der Waals surface area (Å²) in [4.78, 5) is 34.7. The number of rotatable bonds is 6. The summed E-state index contributed by atoms with van der Waals surface area (Å²) in [5.74, 6) is -1.89. The zero-order chi connectivity index (χ0) is 18.4. The lowest BCUT2D eigenvalue weighted by Crippen LogP contribution is -2.42. The maximum atomic E-state index is 12.3. The van der Waals surface area contributed by atoms with Gasteiger partial charge in [0.15, 0.2) is 0 Å². The Morgan fingerprint density at radius 3 is 2.28 bits per heavy atom. The Hall–Kier alpha value is -2.86. The molecule has 130 valence electrons. The Morgan fingerprint density at radius 1 is 1.08 bits per heavy atom. The van der Waals surface area contributed by atoms with Crippen LogP contribution in [-0.2, 0) is 16.0 Å². The van der Waals surface area contributed by atoms with E-state index in [1.165, 1.54) is 19.1 Å². The second-order valence-electron chi connectivity index (χ2n) is 5.42. The van der Waals surface area contributed by atoms with Crippen molar-refractivity contribution >= 4 is 35.1 Å². The molecular formula is C18H17ClN2O4. The first-order valence-corrected chi connectivity index (χ1v) is 7.89. The summed E-state index contributed by atoms with van der Waals surface area (Å²) in [6.45, 7) is 1.38. The first-order valence-electron chi connectivity index (χ1n) is 7.51. The van der Waals surface area contributed by atoms with Crippen molar-refractivity contribution in [2.75, 3.05) is 5.32 Å². The molecule has 2 aromatic carbocycles. The van der Waals surface area contributed by atoms with Crippen LogP contribution < -0.4 is 10.6 Å². The fraction of sp³-hybridized carbons (Fsp3) is 0.167. The van der Waals surface area contributed by atoms with Gasteiger partial charge in [-0.15, -0.1) is 0 Å². The quantitative estimate of drug-likeness (QED) is 0.738. The van der Waals surface area contributed by atoms with E-state index < -0.39 is 17.9 Å². The van der Waals surface area contributed by atoms with Crippen LogP contribution in [-0.4, -0.2) is 28.9 Å². The Balaban J connectivity index is 2.08. The molecule has 0 spiro atoms. The van der Waals surface area contributed by atoms with E-state index in [1.807, 2.05) is 0 Å². The van der Waals surface area contributed by atoms with E-state index in [-0.39, 0.29) is 12.3 Å². The lowest BCUT2D eigenvalue weighted by Gasteiger charge is -2.15. The Bertz CT molecular complexity index is 790. The molecule has 6 nitrogen and oxygen atoms in total. The minimum atomic E-state index is -1.15. The second-order valence-corrected chi connectivity index (χ2v) is 5.83. The van der Waals surface area contributed by atoms with E-state index in [2.05, 4.69) is 10.6 Å². The van der Waals surface area contributed by atoms with Crippen LogP contribution in [0, 0.1) is 0 Å². The maximum absolute atomic E-state index is 12.3. The molecule has 0 saturated carbocycles. The number of nitrogens with one attached hydrogen (secondary N) is 2. The average Bonchev–Trinajstić information content (AvgIpc) is 2.56. The largest absolute Gasteiger partial charge is 0.480 e. The number of carbonyl (C=O) groups is 3. The van der Waals surface area contributed by atoms with Crippen LogP contribution in [0.15, 0.2) is 48.5 Å². The Kier molecular flexibility index (Phi) is 6.14. The molecule has 0 fully saturated rings. The highest BCUT2D eigenvalue weighted by Gasteiger charge is 2.22. The van der Waals surface area contributed by atoms with Crippen molar-refractivity contribution in [3.05, 3.63) is 64.7 Å². The van der Waals surface area contributed by atoms with Crippen LogP contribution in [0.4, 0.5) is 5.69 Å². The van der Waals surface area contributed by atoms with Gasteiger partial charge >= 0.3 is 5.97 Å². The molecule has 0 aliphatic carbocycles. The zero-order valence-electron chi connectivity index (χ0n) is 13.5. The van der Waals surface area contributed by atoms with Crippen molar-refractivity contribution in [1.29, 1.82) is 0 Å². The highest BCUT2D eigenvalue weighted by atomic mass is 35.5. The van der Waals surface area contributed by atoms with E-state index in [0.717, 1.165) is 0 Å². The number of anilines is 1. The van der Waals surface area contributed by atoms with Crippen molar-refractivity contribution < 1.29 is 19.5 Å². The van der Waals surface area contributed by atoms with Crippen LogP contribution in [0.2, 0.25) is 5.02 Å². The molecule has 0 aliphatic heterocycles. The maximum Gasteiger partial charge on any atom is 0.326 e. The lowest BCUT2D eigenvalue weighted by molar-refractivity contribution is -0.139. The number of hydrogen-bond acceptors (Lipinski definition) is 3. The van der Waals surface area contributed by atoms with Gasteiger partial charge in [-0.05, 0) is 35.9 Å². The topological polar surface area (TPSA) is 95.5 Å². The van der Waals surface area contributed by atoms with E-state index in [4.69, 9.17) is 11.6 Å². The number of carboxylic acids is 1.